The predicted molar refractivity (Wildman–Crippen MR) is 75.9 cm³/mol. The van der Waals surface area contributed by atoms with Crippen LogP contribution in [0.3, 0.4) is 0 Å². The molecular formula is C15H30N2O. The smallest absolute Gasteiger partial charge is 0.0674 e. The molecule has 106 valence electrons. The monoisotopic (exact) mass is 254 g/mol. The molecule has 1 aliphatic carbocycles. The molecule has 0 bridgehead atoms. The van der Waals surface area contributed by atoms with Crippen LogP contribution in [0.25, 0.3) is 0 Å². The minimum Gasteiger partial charge on any atom is -0.377 e. The van der Waals surface area contributed by atoms with Crippen LogP contribution in [0.2, 0.25) is 0 Å². The molecule has 0 aromatic heterocycles. The molecule has 3 nitrogen and oxygen atoms in total. The number of nitrogens with one attached hydrogen (secondary N) is 1. The fourth-order valence-corrected chi connectivity index (χ4v) is 3.39. The van der Waals surface area contributed by atoms with Gasteiger partial charge in [-0.2, -0.15) is 0 Å². The first kappa shape index (κ1) is 14.3. The summed E-state index contributed by atoms with van der Waals surface area (Å²) in [5.74, 6) is 0. The van der Waals surface area contributed by atoms with Crippen molar-refractivity contribution in [2.75, 3.05) is 26.2 Å². The maximum atomic E-state index is 5.76. The predicted octanol–water partition coefficient (Wildman–Crippen LogP) is 2.41. The molecule has 1 saturated carbocycles. The zero-order valence-corrected chi connectivity index (χ0v) is 12.2. The molecule has 3 heteroatoms. The van der Waals surface area contributed by atoms with Gasteiger partial charge in [-0.15, -0.1) is 0 Å². The van der Waals surface area contributed by atoms with Crippen LogP contribution < -0.4 is 5.32 Å². The van der Waals surface area contributed by atoms with Crippen molar-refractivity contribution in [3.63, 3.8) is 0 Å². The molecular weight excluding hydrogens is 224 g/mol. The van der Waals surface area contributed by atoms with Crippen molar-refractivity contribution in [2.45, 2.75) is 70.6 Å². The van der Waals surface area contributed by atoms with E-state index in [2.05, 4.69) is 24.1 Å². The summed E-state index contributed by atoms with van der Waals surface area (Å²) in [6, 6.07) is 1.54. The highest BCUT2D eigenvalue weighted by molar-refractivity contribution is 4.85. The van der Waals surface area contributed by atoms with Gasteiger partial charge in [0.25, 0.3) is 0 Å². The lowest BCUT2D eigenvalue weighted by atomic mass is 9.89. The van der Waals surface area contributed by atoms with Crippen molar-refractivity contribution in [3.8, 4) is 0 Å². The van der Waals surface area contributed by atoms with Gasteiger partial charge < -0.3 is 10.1 Å². The highest BCUT2D eigenvalue weighted by Crippen LogP contribution is 2.24. The molecule has 3 atom stereocenters. The first-order valence-corrected chi connectivity index (χ1v) is 7.88. The van der Waals surface area contributed by atoms with Gasteiger partial charge in [-0.25, -0.2) is 0 Å². The molecule has 0 aromatic carbocycles. The summed E-state index contributed by atoms with van der Waals surface area (Å²) in [6.07, 6.45) is 8.35. The Hall–Kier alpha value is -0.120. The van der Waals surface area contributed by atoms with Gasteiger partial charge in [-0.1, -0.05) is 13.3 Å². The topological polar surface area (TPSA) is 24.5 Å². The lowest BCUT2D eigenvalue weighted by Crippen LogP contribution is -2.46. The summed E-state index contributed by atoms with van der Waals surface area (Å²) >= 11 is 0. The Morgan fingerprint density at radius 2 is 2.17 bits per heavy atom. The van der Waals surface area contributed by atoms with Gasteiger partial charge in [-0.3, -0.25) is 4.90 Å². The fraction of sp³-hybridized carbons (Fsp3) is 1.00. The standard InChI is InChI=1S/C15H30N2O/c1-3-8-16-14-6-4-7-15(11-14)17-9-5-10-18-13(2)12-17/h13-16H,3-12H2,1-2H3. The normalized spacial score (nSPS) is 35.3. The van der Waals surface area contributed by atoms with Crippen LogP contribution >= 0.6 is 0 Å². The van der Waals surface area contributed by atoms with E-state index in [4.69, 9.17) is 4.74 Å². The van der Waals surface area contributed by atoms with E-state index < -0.39 is 0 Å². The van der Waals surface area contributed by atoms with Crippen LogP contribution in [0, 0.1) is 0 Å². The molecule has 0 aromatic rings. The summed E-state index contributed by atoms with van der Waals surface area (Å²) in [4.78, 5) is 2.69. The van der Waals surface area contributed by atoms with Gasteiger partial charge in [0.1, 0.15) is 0 Å². The minimum absolute atomic E-state index is 0.413. The van der Waals surface area contributed by atoms with Crippen LogP contribution in [-0.2, 0) is 4.74 Å². The van der Waals surface area contributed by atoms with Crippen LogP contribution in [0.1, 0.15) is 52.4 Å². The Labute approximate surface area is 112 Å². The number of hydrogen-bond donors (Lipinski definition) is 1. The third-order valence-corrected chi connectivity index (χ3v) is 4.33. The highest BCUT2D eigenvalue weighted by atomic mass is 16.5. The molecule has 1 heterocycles. The first-order valence-electron chi connectivity index (χ1n) is 7.88. The third kappa shape index (κ3) is 4.22. The molecule has 1 saturated heterocycles. The zero-order chi connectivity index (χ0) is 12.8. The molecule has 2 rings (SSSR count). The van der Waals surface area contributed by atoms with E-state index in [1.807, 2.05) is 0 Å². The lowest BCUT2D eigenvalue weighted by molar-refractivity contribution is 0.0541. The number of ether oxygens (including phenoxy) is 1. The van der Waals surface area contributed by atoms with Crippen LogP contribution in [-0.4, -0.2) is 49.3 Å². The van der Waals surface area contributed by atoms with Crippen molar-refractivity contribution in [1.29, 1.82) is 0 Å². The summed E-state index contributed by atoms with van der Waals surface area (Å²) in [5, 5.41) is 3.71. The summed E-state index contributed by atoms with van der Waals surface area (Å²) in [5.41, 5.74) is 0. The highest BCUT2D eigenvalue weighted by Gasteiger charge is 2.28. The van der Waals surface area contributed by atoms with E-state index in [0.717, 1.165) is 25.2 Å². The van der Waals surface area contributed by atoms with Gasteiger partial charge in [0.05, 0.1) is 6.10 Å². The number of rotatable bonds is 4. The summed E-state index contributed by atoms with van der Waals surface area (Å²) < 4.78 is 5.76. The van der Waals surface area contributed by atoms with Crippen molar-refractivity contribution >= 4 is 0 Å². The second kappa shape index (κ2) is 7.46. The van der Waals surface area contributed by atoms with Crippen LogP contribution in [0.15, 0.2) is 0 Å². The summed E-state index contributed by atoms with van der Waals surface area (Å²) in [6.45, 7) is 8.95. The summed E-state index contributed by atoms with van der Waals surface area (Å²) in [7, 11) is 0. The quantitative estimate of drug-likeness (QED) is 0.834. The second-order valence-corrected chi connectivity index (χ2v) is 6.00. The van der Waals surface area contributed by atoms with Gasteiger partial charge in [0.15, 0.2) is 0 Å². The van der Waals surface area contributed by atoms with E-state index in [1.54, 1.807) is 0 Å². The SMILES string of the molecule is CCCNC1CCCC(N2CCCOC(C)C2)C1. The number of nitrogens with zero attached hydrogens (tertiary/aromatic N) is 1. The van der Waals surface area contributed by atoms with Gasteiger partial charge in [0, 0.05) is 31.8 Å². The average molecular weight is 254 g/mol. The van der Waals surface area contributed by atoms with Crippen LogP contribution in [0.4, 0.5) is 0 Å². The van der Waals surface area contributed by atoms with Crippen molar-refractivity contribution < 1.29 is 4.74 Å². The molecule has 0 spiro atoms. The van der Waals surface area contributed by atoms with Crippen molar-refractivity contribution in [3.05, 3.63) is 0 Å². The zero-order valence-electron chi connectivity index (χ0n) is 12.2. The Balaban J connectivity index is 1.83. The Morgan fingerprint density at radius 3 is 3.00 bits per heavy atom. The van der Waals surface area contributed by atoms with E-state index in [9.17, 15) is 0 Å². The van der Waals surface area contributed by atoms with E-state index in [-0.39, 0.29) is 0 Å². The second-order valence-electron chi connectivity index (χ2n) is 6.00. The van der Waals surface area contributed by atoms with Gasteiger partial charge in [0.2, 0.25) is 0 Å². The van der Waals surface area contributed by atoms with E-state index in [0.29, 0.717) is 6.10 Å². The molecule has 1 aliphatic heterocycles. The van der Waals surface area contributed by atoms with Crippen LogP contribution in [0.5, 0.6) is 0 Å². The number of hydrogen-bond acceptors (Lipinski definition) is 3. The van der Waals surface area contributed by atoms with Gasteiger partial charge >= 0.3 is 0 Å². The molecule has 2 aliphatic rings. The molecule has 18 heavy (non-hydrogen) atoms. The average Bonchev–Trinajstić information content (AvgIpc) is 2.61. The molecule has 0 radical (unpaired) electrons. The third-order valence-electron chi connectivity index (χ3n) is 4.33. The maximum absolute atomic E-state index is 5.76. The van der Waals surface area contributed by atoms with E-state index in [1.165, 1.54) is 51.6 Å². The minimum atomic E-state index is 0.413. The van der Waals surface area contributed by atoms with Gasteiger partial charge in [-0.05, 0) is 45.6 Å². The van der Waals surface area contributed by atoms with E-state index >= 15 is 0 Å². The molecule has 0 amide bonds. The largest absolute Gasteiger partial charge is 0.377 e. The fourth-order valence-electron chi connectivity index (χ4n) is 3.39. The Morgan fingerprint density at radius 1 is 1.28 bits per heavy atom. The lowest BCUT2D eigenvalue weighted by Gasteiger charge is -2.37. The molecule has 1 N–H and O–H groups in total. The Kier molecular flexibility index (Phi) is 5.93. The van der Waals surface area contributed by atoms with Crippen molar-refractivity contribution in [2.24, 2.45) is 0 Å². The maximum Gasteiger partial charge on any atom is 0.0674 e. The first-order chi connectivity index (χ1) is 8.79. The van der Waals surface area contributed by atoms with Crippen molar-refractivity contribution in [1.82, 2.24) is 10.2 Å². The Bertz CT molecular complexity index is 235. The molecule has 3 unspecified atom stereocenters. The molecule has 2 fully saturated rings.